The van der Waals surface area contributed by atoms with Crippen molar-refractivity contribution in [2.24, 2.45) is 0 Å². The van der Waals surface area contributed by atoms with E-state index in [9.17, 15) is 14.9 Å². The SMILES string of the molecule is Cc1c(C(=O)NCCN2CCc3sccc3C2)cccc1[N+](=O)[O-]. The van der Waals surface area contributed by atoms with Gasteiger partial charge in [-0.1, -0.05) is 6.07 Å². The highest BCUT2D eigenvalue weighted by Gasteiger charge is 2.19. The lowest BCUT2D eigenvalue weighted by molar-refractivity contribution is -0.385. The van der Waals surface area contributed by atoms with Gasteiger partial charge in [-0.15, -0.1) is 11.3 Å². The smallest absolute Gasteiger partial charge is 0.273 e. The van der Waals surface area contributed by atoms with Crippen LogP contribution in [0.15, 0.2) is 29.6 Å². The predicted molar refractivity (Wildman–Crippen MR) is 93.5 cm³/mol. The standard InChI is InChI=1S/C17H19N3O3S/c1-12-14(3-2-4-15(12)20(22)23)17(21)18-7-9-19-8-5-16-13(11-19)6-10-24-16/h2-4,6,10H,5,7-9,11H2,1H3,(H,18,21). The maximum absolute atomic E-state index is 12.3. The Balaban J connectivity index is 1.55. The Morgan fingerprint density at radius 3 is 3.04 bits per heavy atom. The van der Waals surface area contributed by atoms with Crippen molar-refractivity contribution in [2.45, 2.75) is 19.9 Å². The lowest BCUT2D eigenvalue weighted by atomic mass is 10.1. The number of fused-ring (bicyclic) bond motifs is 1. The zero-order chi connectivity index (χ0) is 17.1. The van der Waals surface area contributed by atoms with E-state index in [1.54, 1.807) is 19.1 Å². The van der Waals surface area contributed by atoms with Crippen LogP contribution in [0.1, 0.15) is 26.4 Å². The van der Waals surface area contributed by atoms with E-state index in [-0.39, 0.29) is 11.6 Å². The number of amides is 1. The van der Waals surface area contributed by atoms with Crippen molar-refractivity contribution in [3.05, 3.63) is 61.3 Å². The topological polar surface area (TPSA) is 75.5 Å². The molecule has 6 nitrogen and oxygen atoms in total. The summed E-state index contributed by atoms with van der Waals surface area (Å²) in [6.45, 7) is 4.83. The van der Waals surface area contributed by atoms with E-state index in [1.807, 2.05) is 11.3 Å². The zero-order valence-electron chi connectivity index (χ0n) is 13.4. The number of nitrogens with one attached hydrogen (secondary N) is 1. The maximum Gasteiger partial charge on any atom is 0.273 e. The van der Waals surface area contributed by atoms with Crippen LogP contribution in [0.4, 0.5) is 5.69 Å². The Hall–Kier alpha value is -2.25. The molecule has 0 radical (unpaired) electrons. The third-order valence-corrected chi connectivity index (χ3v) is 5.37. The molecule has 24 heavy (non-hydrogen) atoms. The molecule has 1 aromatic carbocycles. The summed E-state index contributed by atoms with van der Waals surface area (Å²) in [5.41, 5.74) is 2.12. The molecule has 3 rings (SSSR count). The van der Waals surface area contributed by atoms with Crippen molar-refractivity contribution in [2.75, 3.05) is 19.6 Å². The number of nitro benzene ring substituents is 1. The Labute approximate surface area is 144 Å². The van der Waals surface area contributed by atoms with Gasteiger partial charge in [0.1, 0.15) is 0 Å². The minimum Gasteiger partial charge on any atom is -0.351 e. The van der Waals surface area contributed by atoms with Crippen molar-refractivity contribution in [3.8, 4) is 0 Å². The molecular weight excluding hydrogens is 326 g/mol. The first-order valence-electron chi connectivity index (χ1n) is 7.86. The average molecular weight is 345 g/mol. The molecule has 1 aliphatic heterocycles. The second-order valence-corrected chi connectivity index (χ2v) is 6.86. The van der Waals surface area contributed by atoms with E-state index in [0.29, 0.717) is 17.7 Å². The van der Waals surface area contributed by atoms with Crippen LogP contribution in [0, 0.1) is 17.0 Å². The first kappa shape index (κ1) is 16.6. The van der Waals surface area contributed by atoms with Gasteiger partial charge in [-0.05, 0) is 36.4 Å². The van der Waals surface area contributed by atoms with Gasteiger partial charge >= 0.3 is 0 Å². The van der Waals surface area contributed by atoms with Gasteiger partial charge in [-0.25, -0.2) is 0 Å². The summed E-state index contributed by atoms with van der Waals surface area (Å²) in [7, 11) is 0. The fourth-order valence-corrected chi connectivity index (χ4v) is 3.88. The van der Waals surface area contributed by atoms with E-state index in [1.165, 1.54) is 16.5 Å². The second-order valence-electron chi connectivity index (χ2n) is 5.86. The predicted octanol–water partition coefficient (Wildman–Crippen LogP) is 2.75. The molecule has 0 spiro atoms. The molecule has 126 valence electrons. The van der Waals surface area contributed by atoms with Gasteiger partial charge < -0.3 is 5.32 Å². The molecule has 0 saturated carbocycles. The number of carbonyl (C=O) groups is 1. The van der Waals surface area contributed by atoms with E-state index < -0.39 is 4.92 Å². The molecule has 7 heteroatoms. The molecule has 1 aromatic heterocycles. The number of nitrogens with zero attached hydrogens (tertiary/aromatic N) is 2. The summed E-state index contributed by atoms with van der Waals surface area (Å²) in [5, 5.41) is 16.0. The Kier molecular flexibility index (Phi) is 4.92. The van der Waals surface area contributed by atoms with Gasteiger partial charge in [-0.2, -0.15) is 0 Å². The molecule has 1 aliphatic rings. The number of thiophene rings is 1. The van der Waals surface area contributed by atoms with Gasteiger partial charge in [0.15, 0.2) is 0 Å². The molecule has 2 aromatic rings. The fourth-order valence-electron chi connectivity index (χ4n) is 2.99. The Morgan fingerprint density at radius 1 is 1.42 bits per heavy atom. The van der Waals surface area contributed by atoms with E-state index >= 15 is 0 Å². The number of benzene rings is 1. The van der Waals surface area contributed by atoms with Crippen LogP contribution < -0.4 is 5.32 Å². The molecule has 0 bridgehead atoms. The Bertz CT molecular complexity index is 772. The quantitative estimate of drug-likeness (QED) is 0.668. The van der Waals surface area contributed by atoms with Crippen LogP contribution in [0.25, 0.3) is 0 Å². The first-order valence-corrected chi connectivity index (χ1v) is 8.74. The van der Waals surface area contributed by atoms with Gasteiger partial charge in [0.05, 0.1) is 4.92 Å². The summed E-state index contributed by atoms with van der Waals surface area (Å²) in [6, 6.07) is 6.74. The summed E-state index contributed by atoms with van der Waals surface area (Å²) >= 11 is 1.81. The normalized spacial score (nSPS) is 14.2. The minimum atomic E-state index is -0.460. The van der Waals surface area contributed by atoms with Crippen molar-refractivity contribution in [1.29, 1.82) is 0 Å². The van der Waals surface area contributed by atoms with Gasteiger partial charge in [0, 0.05) is 48.2 Å². The largest absolute Gasteiger partial charge is 0.351 e. The van der Waals surface area contributed by atoms with Crippen LogP contribution in [0.5, 0.6) is 0 Å². The lowest BCUT2D eigenvalue weighted by Crippen LogP contribution is -2.37. The maximum atomic E-state index is 12.3. The molecule has 1 N–H and O–H groups in total. The van der Waals surface area contributed by atoms with Crippen molar-refractivity contribution in [1.82, 2.24) is 10.2 Å². The molecule has 2 heterocycles. The van der Waals surface area contributed by atoms with Crippen molar-refractivity contribution in [3.63, 3.8) is 0 Å². The zero-order valence-corrected chi connectivity index (χ0v) is 14.3. The van der Waals surface area contributed by atoms with Gasteiger partial charge in [0.25, 0.3) is 11.6 Å². The summed E-state index contributed by atoms with van der Waals surface area (Å²) in [6.07, 6.45) is 1.06. The molecular formula is C17H19N3O3S. The van der Waals surface area contributed by atoms with Crippen LogP contribution in [-0.4, -0.2) is 35.4 Å². The number of nitro groups is 1. The van der Waals surface area contributed by atoms with Crippen LogP contribution >= 0.6 is 11.3 Å². The van der Waals surface area contributed by atoms with Crippen molar-refractivity contribution < 1.29 is 9.72 Å². The van der Waals surface area contributed by atoms with Crippen LogP contribution in [-0.2, 0) is 13.0 Å². The number of hydrogen-bond acceptors (Lipinski definition) is 5. The minimum absolute atomic E-state index is 0.0244. The van der Waals surface area contributed by atoms with Crippen LogP contribution in [0.3, 0.4) is 0 Å². The third kappa shape index (κ3) is 3.47. The van der Waals surface area contributed by atoms with E-state index in [4.69, 9.17) is 0 Å². The molecule has 0 fully saturated rings. The third-order valence-electron chi connectivity index (χ3n) is 4.35. The monoisotopic (exact) mass is 345 g/mol. The van der Waals surface area contributed by atoms with Gasteiger partial charge in [0.2, 0.25) is 0 Å². The first-order chi connectivity index (χ1) is 11.6. The average Bonchev–Trinajstić information content (AvgIpc) is 3.02. The highest BCUT2D eigenvalue weighted by molar-refractivity contribution is 7.10. The summed E-state index contributed by atoms with van der Waals surface area (Å²) in [5.74, 6) is -0.260. The number of carbonyl (C=O) groups excluding carboxylic acids is 1. The summed E-state index contributed by atoms with van der Waals surface area (Å²) in [4.78, 5) is 26.6. The molecule has 0 unspecified atom stereocenters. The number of rotatable bonds is 5. The molecule has 0 saturated heterocycles. The molecule has 1 amide bonds. The lowest BCUT2D eigenvalue weighted by Gasteiger charge is -2.26. The highest BCUT2D eigenvalue weighted by Crippen LogP contribution is 2.24. The van der Waals surface area contributed by atoms with Crippen LogP contribution in [0.2, 0.25) is 0 Å². The fraction of sp³-hybridized carbons (Fsp3) is 0.353. The molecule has 0 atom stereocenters. The van der Waals surface area contributed by atoms with E-state index in [2.05, 4.69) is 21.7 Å². The van der Waals surface area contributed by atoms with Crippen molar-refractivity contribution >= 4 is 22.9 Å². The summed E-state index contributed by atoms with van der Waals surface area (Å²) < 4.78 is 0. The Morgan fingerprint density at radius 2 is 2.25 bits per heavy atom. The highest BCUT2D eigenvalue weighted by atomic mass is 32.1. The second kappa shape index (κ2) is 7.11. The van der Waals surface area contributed by atoms with Gasteiger partial charge in [-0.3, -0.25) is 19.8 Å². The number of hydrogen-bond donors (Lipinski definition) is 1. The van der Waals surface area contributed by atoms with E-state index in [0.717, 1.165) is 26.1 Å². The molecule has 0 aliphatic carbocycles.